The Labute approximate surface area is 230 Å². The van der Waals surface area contributed by atoms with Crippen molar-refractivity contribution in [2.45, 2.75) is 68.1 Å². The van der Waals surface area contributed by atoms with Gasteiger partial charge in [0.25, 0.3) is 0 Å². The number of imidazole rings is 1. The highest BCUT2D eigenvalue weighted by Crippen LogP contribution is 2.43. The lowest BCUT2D eigenvalue weighted by atomic mass is 9.73. The van der Waals surface area contributed by atoms with Crippen LogP contribution in [0.2, 0.25) is 0 Å². The molecule has 2 atom stereocenters. The predicted molar refractivity (Wildman–Crippen MR) is 149 cm³/mol. The number of alkyl carbamates (subject to hydrolysis) is 1. The maximum atomic E-state index is 12.6. The lowest BCUT2D eigenvalue weighted by Gasteiger charge is -2.43. The van der Waals surface area contributed by atoms with Crippen molar-refractivity contribution in [1.29, 1.82) is 0 Å². The Bertz CT molecular complexity index is 1470. The zero-order valence-corrected chi connectivity index (χ0v) is 23.6. The molecule has 1 amide bonds. The van der Waals surface area contributed by atoms with E-state index in [1.807, 2.05) is 52.5 Å². The second-order valence-electron chi connectivity index (χ2n) is 11.1. The zero-order valence-electron chi connectivity index (χ0n) is 22.0. The van der Waals surface area contributed by atoms with E-state index in [2.05, 4.69) is 42.2 Å². The number of hydrogen-bond acceptors (Lipinski definition) is 9. The smallest absolute Gasteiger partial charge is 0.407 e. The Kier molecular flexibility index (Phi) is 6.48. The Balaban J connectivity index is 1.20. The molecule has 2 saturated heterocycles. The second-order valence-corrected chi connectivity index (χ2v) is 13.0. The van der Waals surface area contributed by atoms with Crippen molar-refractivity contribution in [3.05, 3.63) is 43.0 Å². The summed E-state index contributed by atoms with van der Waals surface area (Å²) < 4.78 is 19.2. The number of carbonyl (C=O) groups is 1. The third-order valence-corrected chi connectivity index (χ3v) is 9.46. The highest BCUT2D eigenvalue weighted by atomic mass is 32.2. The van der Waals surface area contributed by atoms with Gasteiger partial charge in [0.15, 0.2) is 5.65 Å². The molecule has 1 aromatic carbocycles. The van der Waals surface area contributed by atoms with Gasteiger partial charge in [-0.3, -0.25) is 4.40 Å². The third kappa shape index (κ3) is 4.71. The van der Waals surface area contributed by atoms with Crippen LogP contribution in [-0.2, 0) is 9.47 Å². The van der Waals surface area contributed by atoms with E-state index >= 15 is 0 Å². The minimum Gasteiger partial charge on any atom is -0.444 e. The van der Waals surface area contributed by atoms with Crippen LogP contribution in [0.1, 0.15) is 40.5 Å². The summed E-state index contributed by atoms with van der Waals surface area (Å²) in [6.45, 7) is 9.93. The van der Waals surface area contributed by atoms with Crippen LogP contribution in [0.4, 0.5) is 10.7 Å². The maximum absolute atomic E-state index is 12.6. The van der Waals surface area contributed by atoms with Gasteiger partial charge in [-0.15, -0.1) is 0 Å². The minimum absolute atomic E-state index is 0.0631. The van der Waals surface area contributed by atoms with Gasteiger partial charge in [0.1, 0.15) is 5.60 Å². The van der Waals surface area contributed by atoms with E-state index < -0.39 is 5.60 Å². The normalized spacial score (nSPS) is 21.4. The van der Waals surface area contributed by atoms with Gasteiger partial charge in [-0.25, -0.2) is 14.8 Å². The summed E-state index contributed by atoms with van der Waals surface area (Å²) >= 11 is 3.18. The van der Waals surface area contributed by atoms with Gasteiger partial charge in [-0.2, -0.15) is 4.37 Å². The van der Waals surface area contributed by atoms with Gasteiger partial charge in [0.05, 0.1) is 28.3 Å². The van der Waals surface area contributed by atoms with Crippen molar-refractivity contribution < 1.29 is 14.3 Å². The maximum Gasteiger partial charge on any atom is 0.407 e. The van der Waals surface area contributed by atoms with E-state index in [4.69, 9.17) is 14.5 Å². The average Bonchev–Trinajstić information content (AvgIpc) is 3.61. The molecule has 0 aliphatic carbocycles. The second kappa shape index (κ2) is 9.69. The summed E-state index contributed by atoms with van der Waals surface area (Å²) in [4.78, 5) is 26.6. The third-order valence-electron chi connectivity index (χ3n) is 7.42. The topological polar surface area (TPSA) is 93.9 Å². The molecular formula is C27H32N6O3S2. The van der Waals surface area contributed by atoms with Crippen molar-refractivity contribution in [3.63, 3.8) is 0 Å². The number of amides is 1. The number of rotatable bonds is 4. The molecule has 11 heteroatoms. The molecule has 1 spiro atoms. The molecule has 0 saturated carbocycles. The first-order valence-corrected chi connectivity index (χ1v) is 14.5. The number of piperidine rings is 1. The number of ether oxygens (including phenoxy) is 2. The highest BCUT2D eigenvalue weighted by molar-refractivity contribution is 8.00. The summed E-state index contributed by atoms with van der Waals surface area (Å²) in [6.07, 6.45) is 8.98. The Morgan fingerprint density at radius 2 is 2.03 bits per heavy atom. The lowest BCUT2D eigenvalue weighted by molar-refractivity contribution is 0.0434. The number of carbonyl (C=O) groups excluding carboxylic acids is 1. The van der Waals surface area contributed by atoms with E-state index in [1.165, 1.54) is 16.2 Å². The highest BCUT2D eigenvalue weighted by Gasteiger charge is 2.50. The molecular weight excluding hydrogens is 520 g/mol. The Morgan fingerprint density at radius 3 is 2.82 bits per heavy atom. The van der Waals surface area contributed by atoms with Crippen LogP contribution in [0.25, 0.3) is 15.7 Å². The first-order valence-electron chi connectivity index (χ1n) is 12.9. The molecule has 2 fully saturated rings. The van der Waals surface area contributed by atoms with Gasteiger partial charge < -0.3 is 19.7 Å². The molecule has 200 valence electrons. The molecule has 2 aliphatic heterocycles. The van der Waals surface area contributed by atoms with Crippen LogP contribution >= 0.6 is 23.3 Å². The molecule has 1 N–H and O–H groups in total. The van der Waals surface area contributed by atoms with Crippen molar-refractivity contribution in [1.82, 2.24) is 24.1 Å². The van der Waals surface area contributed by atoms with Crippen molar-refractivity contribution in [2.75, 3.05) is 24.6 Å². The van der Waals surface area contributed by atoms with Gasteiger partial charge >= 0.3 is 6.09 Å². The van der Waals surface area contributed by atoms with E-state index in [0.29, 0.717) is 6.61 Å². The monoisotopic (exact) mass is 552 g/mol. The van der Waals surface area contributed by atoms with Crippen molar-refractivity contribution >= 4 is 51.1 Å². The molecule has 5 heterocycles. The number of aromatic nitrogens is 4. The van der Waals surface area contributed by atoms with Crippen LogP contribution in [0.5, 0.6) is 0 Å². The molecule has 4 aromatic rings. The Morgan fingerprint density at radius 1 is 1.21 bits per heavy atom. The van der Waals surface area contributed by atoms with E-state index in [0.717, 1.165) is 52.7 Å². The van der Waals surface area contributed by atoms with E-state index in [-0.39, 0.29) is 23.7 Å². The number of hydrogen-bond donors (Lipinski definition) is 1. The molecule has 2 aliphatic rings. The minimum atomic E-state index is -0.539. The van der Waals surface area contributed by atoms with Crippen LogP contribution in [0, 0.1) is 5.41 Å². The SMILES string of the molecule is C[C@@H]1OCC2(CCN(c3ncc(Sc4cccc5cnsc45)c4nccn34)CC2)[C@@H]1NC(=O)OC(C)(C)C. The van der Waals surface area contributed by atoms with Gasteiger partial charge in [-0.1, -0.05) is 23.9 Å². The largest absolute Gasteiger partial charge is 0.444 e. The van der Waals surface area contributed by atoms with Crippen LogP contribution < -0.4 is 10.2 Å². The molecule has 0 unspecified atom stereocenters. The van der Waals surface area contributed by atoms with Crippen molar-refractivity contribution in [3.8, 4) is 0 Å². The summed E-state index contributed by atoms with van der Waals surface area (Å²) in [5, 5.41) is 4.27. The molecule has 0 bridgehead atoms. The Hall–Kier alpha value is -2.89. The average molecular weight is 553 g/mol. The summed E-state index contributed by atoms with van der Waals surface area (Å²) in [5.74, 6) is 0.885. The van der Waals surface area contributed by atoms with E-state index in [9.17, 15) is 4.79 Å². The van der Waals surface area contributed by atoms with Crippen LogP contribution in [0.15, 0.2) is 52.8 Å². The van der Waals surface area contributed by atoms with Gasteiger partial charge in [-0.05, 0) is 58.1 Å². The van der Waals surface area contributed by atoms with E-state index in [1.54, 1.807) is 11.8 Å². The lowest BCUT2D eigenvalue weighted by Crippen LogP contribution is -2.55. The fourth-order valence-corrected chi connectivity index (χ4v) is 7.38. The quantitative estimate of drug-likeness (QED) is 0.360. The molecule has 3 aromatic heterocycles. The number of nitrogens with one attached hydrogen (secondary N) is 1. The molecule has 6 rings (SSSR count). The molecule has 38 heavy (non-hydrogen) atoms. The van der Waals surface area contributed by atoms with Gasteiger partial charge in [0, 0.05) is 53.6 Å². The number of benzene rings is 1. The fraction of sp³-hybridized carbons (Fsp3) is 0.481. The number of nitrogens with zero attached hydrogens (tertiary/aromatic N) is 5. The number of anilines is 1. The molecule has 0 radical (unpaired) electrons. The summed E-state index contributed by atoms with van der Waals surface area (Å²) in [5.41, 5.74) is 0.233. The standard InChI is InChI=1S/C27H32N6O3S2/c1-17-22(31-25(34)36-26(2,3)4)27(16-35-17)8-11-32(12-9-27)24-29-15-20(23-28-10-13-33(23)24)37-19-7-5-6-18-14-30-38-21(18)19/h5-7,10,13-15,17,22H,8-9,11-12,16H2,1-4H3,(H,31,34)/t17-,22+/m0/s1. The first-order chi connectivity index (χ1) is 18.2. The summed E-state index contributed by atoms with van der Waals surface area (Å²) in [6, 6.07) is 6.18. The van der Waals surface area contributed by atoms with Crippen LogP contribution in [0.3, 0.4) is 0 Å². The van der Waals surface area contributed by atoms with Crippen molar-refractivity contribution in [2.24, 2.45) is 5.41 Å². The van der Waals surface area contributed by atoms with Gasteiger partial charge in [0.2, 0.25) is 5.95 Å². The zero-order chi connectivity index (χ0) is 26.5. The number of fused-ring (bicyclic) bond motifs is 2. The van der Waals surface area contributed by atoms with Crippen LogP contribution in [-0.4, -0.2) is 62.3 Å². The summed E-state index contributed by atoms with van der Waals surface area (Å²) in [7, 11) is 0. The molecule has 9 nitrogen and oxygen atoms in total. The fourth-order valence-electron chi connectivity index (χ4n) is 5.55. The predicted octanol–water partition coefficient (Wildman–Crippen LogP) is 5.39. The first kappa shape index (κ1) is 25.4.